The third-order valence-electron chi connectivity index (χ3n) is 3.60. The van der Waals surface area contributed by atoms with E-state index in [-0.39, 0.29) is 11.5 Å². The van der Waals surface area contributed by atoms with Crippen molar-refractivity contribution in [3.05, 3.63) is 83.4 Å². The summed E-state index contributed by atoms with van der Waals surface area (Å²) < 4.78 is 0. The largest absolute Gasteiger partial charge is 0.478 e. The Morgan fingerprint density at radius 3 is 2.38 bits per heavy atom. The van der Waals surface area contributed by atoms with Gasteiger partial charge >= 0.3 is 5.97 Å². The van der Waals surface area contributed by atoms with Crippen molar-refractivity contribution in [1.82, 2.24) is 5.43 Å². The van der Waals surface area contributed by atoms with Crippen LogP contribution in [0.2, 0.25) is 0 Å². The number of carboxylic acids is 1. The first-order valence-corrected chi connectivity index (χ1v) is 7.30. The minimum Gasteiger partial charge on any atom is -0.478 e. The molecule has 0 spiro atoms. The van der Waals surface area contributed by atoms with E-state index in [0.29, 0.717) is 11.1 Å². The minimum absolute atomic E-state index is 0.126. The number of carbonyl (C=O) groups excluding carboxylic acids is 1. The molecule has 3 aromatic carbocycles. The molecule has 118 valence electrons. The number of nitrogens with zero attached hydrogens (tertiary/aromatic N) is 1. The van der Waals surface area contributed by atoms with Crippen molar-refractivity contribution in [3.8, 4) is 0 Å². The van der Waals surface area contributed by atoms with Crippen LogP contribution in [-0.4, -0.2) is 23.2 Å². The predicted molar refractivity (Wildman–Crippen MR) is 92.4 cm³/mol. The second-order valence-electron chi connectivity index (χ2n) is 5.12. The van der Waals surface area contributed by atoms with Crippen LogP contribution in [0.25, 0.3) is 10.8 Å². The Morgan fingerprint density at radius 1 is 0.875 bits per heavy atom. The minimum atomic E-state index is -1.04. The van der Waals surface area contributed by atoms with Crippen molar-refractivity contribution >= 4 is 28.9 Å². The summed E-state index contributed by atoms with van der Waals surface area (Å²) in [6.45, 7) is 0. The average molecular weight is 318 g/mol. The van der Waals surface area contributed by atoms with Gasteiger partial charge < -0.3 is 5.11 Å². The number of hydrogen-bond donors (Lipinski definition) is 2. The number of hydrogen-bond acceptors (Lipinski definition) is 3. The zero-order valence-corrected chi connectivity index (χ0v) is 12.6. The van der Waals surface area contributed by atoms with Crippen molar-refractivity contribution in [2.24, 2.45) is 5.10 Å². The molecule has 0 radical (unpaired) electrons. The van der Waals surface area contributed by atoms with Gasteiger partial charge in [0, 0.05) is 11.1 Å². The summed E-state index contributed by atoms with van der Waals surface area (Å²) in [5, 5.41) is 14.8. The molecule has 0 heterocycles. The topological polar surface area (TPSA) is 78.8 Å². The van der Waals surface area contributed by atoms with Gasteiger partial charge in [0.2, 0.25) is 0 Å². The molecule has 3 rings (SSSR count). The van der Waals surface area contributed by atoms with E-state index >= 15 is 0 Å². The molecule has 2 N–H and O–H groups in total. The van der Waals surface area contributed by atoms with E-state index in [2.05, 4.69) is 10.5 Å². The van der Waals surface area contributed by atoms with Crippen molar-refractivity contribution in [2.45, 2.75) is 0 Å². The second-order valence-corrected chi connectivity index (χ2v) is 5.12. The summed E-state index contributed by atoms with van der Waals surface area (Å²) >= 11 is 0. The van der Waals surface area contributed by atoms with E-state index in [1.54, 1.807) is 30.3 Å². The number of benzene rings is 3. The van der Waals surface area contributed by atoms with Crippen molar-refractivity contribution in [3.63, 3.8) is 0 Å². The number of amides is 1. The molecule has 0 saturated heterocycles. The molecule has 5 nitrogen and oxygen atoms in total. The van der Waals surface area contributed by atoms with E-state index in [0.717, 1.165) is 10.8 Å². The molecule has 1 amide bonds. The molecule has 0 aromatic heterocycles. The Hall–Kier alpha value is -3.47. The van der Waals surface area contributed by atoms with E-state index in [4.69, 9.17) is 5.11 Å². The fourth-order valence-electron chi connectivity index (χ4n) is 2.45. The van der Waals surface area contributed by atoms with Gasteiger partial charge in [0.25, 0.3) is 5.91 Å². The molecule has 0 fully saturated rings. The van der Waals surface area contributed by atoms with Gasteiger partial charge in [-0.3, -0.25) is 4.79 Å². The smallest absolute Gasteiger partial charge is 0.336 e. The molecule has 0 aliphatic rings. The van der Waals surface area contributed by atoms with Crippen LogP contribution < -0.4 is 5.43 Å². The Kier molecular flexibility index (Phi) is 4.34. The van der Waals surface area contributed by atoms with Crippen molar-refractivity contribution in [2.75, 3.05) is 0 Å². The Morgan fingerprint density at radius 2 is 1.54 bits per heavy atom. The highest BCUT2D eigenvalue weighted by molar-refractivity contribution is 6.07. The maximum absolute atomic E-state index is 12.3. The molecule has 24 heavy (non-hydrogen) atoms. The molecule has 3 aromatic rings. The molecule has 5 heteroatoms. The molecule has 0 unspecified atom stereocenters. The van der Waals surface area contributed by atoms with Gasteiger partial charge in [0.05, 0.1) is 11.8 Å². The second kappa shape index (κ2) is 6.75. The van der Waals surface area contributed by atoms with Gasteiger partial charge in [-0.1, -0.05) is 54.6 Å². The van der Waals surface area contributed by atoms with Crippen LogP contribution in [0.4, 0.5) is 0 Å². The maximum atomic E-state index is 12.3. The van der Waals surface area contributed by atoms with Crippen LogP contribution in [-0.2, 0) is 0 Å². The molecular formula is C19H14N2O3. The molecule has 0 aliphatic heterocycles. The number of carbonyl (C=O) groups is 2. The van der Waals surface area contributed by atoms with Crippen LogP contribution in [0.15, 0.2) is 71.8 Å². The normalized spacial score (nSPS) is 10.8. The summed E-state index contributed by atoms with van der Waals surface area (Å²) in [5.41, 5.74) is 3.50. The first kappa shape index (κ1) is 15.4. The summed E-state index contributed by atoms with van der Waals surface area (Å²) in [6.07, 6.45) is 1.33. The molecule has 0 bridgehead atoms. The van der Waals surface area contributed by atoms with Gasteiger partial charge in [-0.25, -0.2) is 10.2 Å². The molecule has 0 saturated carbocycles. The van der Waals surface area contributed by atoms with Gasteiger partial charge in [0.1, 0.15) is 0 Å². The van der Waals surface area contributed by atoms with Crippen LogP contribution in [0.1, 0.15) is 26.3 Å². The number of aromatic carboxylic acids is 1. The number of nitrogens with one attached hydrogen (secondary N) is 1. The lowest BCUT2D eigenvalue weighted by Gasteiger charge is -2.05. The quantitative estimate of drug-likeness (QED) is 0.572. The monoisotopic (exact) mass is 318 g/mol. The zero-order chi connectivity index (χ0) is 16.9. The third kappa shape index (κ3) is 3.15. The highest BCUT2D eigenvalue weighted by Gasteiger charge is 2.09. The first-order chi connectivity index (χ1) is 11.7. The Balaban J connectivity index is 1.82. The lowest BCUT2D eigenvalue weighted by molar-refractivity contribution is 0.0696. The lowest BCUT2D eigenvalue weighted by Crippen LogP contribution is -2.18. The van der Waals surface area contributed by atoms with E-state index in [1.165, 1.54) is 12.3 Å². The lowest BCUT2D eigenvalue weighted by atomic mass is 10.0. The Labute approximate surface area is 138 Å². The average Bonchev–Trinajstić information content (AvgIpc) is 2.61. The van der Waals surface area contributed by atoms with Gasteiger partial charge in [-0.2, -0.15) is 5.10 Å². The molecular weight excluding hydrogens is 304 g/mol. The summed E-state index contributed by atoms with van der Waals surface area (Å²) in [6, 6.07) is 19.5. The highest BCUT2D eigenvalue weighted by atomic mass is 16.4. The summed E-state index contributed by atoms with van der Waals surface area (Å²) in [7, 11) is 0. The number of carboxylic acid groups (broad SMARTS) is 1. The first-order valence-electron chi connectivity index (χ1n) is 7.30. The standard InChI is InChI=1S/C19H14N2O3/c22-18(17-11-5-8-13-6-1-3-9-15(13)17)21-20-12-14-7-2-4-10-16(14)19(23)24/h1-12H,(H,21,22)(H,23,24)/b20-12+. The van der Waals surface area contributed by atoms with Crippen LogP contribution in [0, 0.1) is 0 Å². The maximum Gasteiger partial charge on any atom is 0.336 e. The van der Waals surface area contributed by atoms with Gasteiger partial charge in [-0.15, -0.1) is 0 Å². The predicted octanol–water partition coefficient (Wildman–Crippen LogP) is 3.30. The van der Waals surface area contributed by atoms with E-state index in [1.807, 2.05) is 30.3 Å². The third-order valence-corrected chi connectivity index (χ3v) is 3.60. The van der Waals surface area contributed by atoms with E-state index < -0.39 is 5.97 Å². The van der Waals surface area contributed by atoms with Crippen LogP contribution in [0.5, 0.6) is 0 Å². The van der Waals surface area contributed by atoms with E-state index in [9.17, 15) is 9.59 Å². The fraction of sp³-hybridized carbons (Fsp3) is 0. The van der Waals surface area contributed by atoms with Crippen molar-refractivity contribution < 1.29 is 14.7 Å². The molecule has 0 aliphatic carbocycles. The van der Waals surface area contributed by atoms with Crippen molar-refractivity contribution in [1.29, 1.82) is 0 Å². The summed E-state index contributed by atoms with van der Waals surface area (Å²) in [5.74, 6) is -1.40. The summed E-state index contributed by atoms with van der Waals surface area (Å²) in [4.78, 5) is 23.5. The van der Waals surface area contributed by atoms with Crippen LogP contribution >= 0.6 is 0 Å². The fourth-order valence-corrected chi connectivity index (χ4v) is 2.45. The number of rotatable bonds is 4. The molecule has 0 atom stereocenters. The number of hydrazone groups is 1. The SMILES string of the molecule is O=C(O)c1ccccc1/C=N/NC(=O)c1cccc2ccccc12. The van der Waals surface area contributed by atoms with Gasteiger partial charge in [0.15, 0.2) is 0 Å². The highest BCUT2D eigenvalue weighted by Crippen LogP contribution is 2.18. The van der Waals surface area contributed by atoms with Crippen LogP contribution in [0.3, 0.4) is 0 Å². The van der Waals surface area contributed by atoms with Gasteiger partial charge in [-0.05, 0) is 22.9 Å². The number of fused-ring (bicyclic) bond motifs is 1. The Bertz CT molecular complexity index is 943. The zero-order valence-electron chi connectivity index (χ0n) is 12.6.